The Morgan fingerprint density at radius 3 is 2.50 bits per heavy atom. The van der Waals surface area contributed by atoms with Gasteiger partial charge in [-0.1, -0.05) is 17.7 Å². The molecule has 0 amide bonds. The second-order valence-electron chi connectivity index (χ2n) is 4.90. The van der Waals surface area contributed by atoms with E-state index in [0.717, 1.165) is 23.5 Å². The summed E-state index contributed by atoms with van der Waals surface area (Å²) >= 11 is 5.87. The number of methoxy groups -OCH3 is 1. The van der Waals surface area contributed by atoms with Gasteiger partial charge < -0.3 is 15.2 Å². The molecule has 104 valence electrons. The Morgan fingerprint density at radius 2 is 1.80 bits per heavy atom. The van der Waals surface area contributed by atoms with Crippen molar-refractivity contribution in [1.29, 1.82) is 0 Å². The van der Waals surface area contributed by atoms with Gasteiger partial charge >= 0.3 is 0 Å². The molecule has 0 bridgehead atoms. The van der Waals surface area contributed by atoms with Crippen LogP contribution in [0.2, 0.25) is 5.02 Å². The molecule has 2 atom stereocenters. The van der Waals surface area contributed by atoms with E-state index in [4.69, 9.17) is 26.8 Å². The molecule has 20 heavy (non-hydrogen) atoms. The lowest BCUT2D eigenvalue weighted by atomic mass is 10.1. The van der Waals surface area contributed by atoms with E-state index in [1.165, 1.54) is 5.56 Å². The van der Waals surface area contributed by atoms with Gasteiger partial charge in [0.1, 0.15) is 17.6 Å². The number of halogens is 1. The number of benzene rings is 2. The van der Waals surface area contributed by atoms with Gasteiger partial charge in [0, 0.05) is 11.4 Å². The average molecular weight is 290 g/mol. The van der Waals surface area contributed by atoms with E-state index in [0.29, 0.717) is 5.02 Å². The Hall–Kier alpha value is -1.71. The molecule has 0 aromatic heterocycles. The second-order valence-corrected chi connectivity index (χ2v) is 5.34. The molecule has 1 aliphatic carbocycles. The van der Waals surface area contributed by atoms with E-state index >= 15 is 0 Å². The zero-order chi connectivity index (χ0) is 14.1. The summed E-state index contributed by atoms with van der Waals surface area (Å²) < 4.78 is 11.2. The van der Waals surface area contributed by atoms with Crippen LogP contribution < -0.4 is 15.2 Å². The Balaban J connectivity index is 1.79. The molecule has 3 rings (SSSR count). The highest BCUT2D eigenvalue weighted by Gasteiger charge is 2.31. The first kappa shape index (κ1) is 13.3. The Labute approximate surface area is 123 Å². The minimum Gasteiger partial charge on any atom is -0.497 e. The summed E-state index contributed by atoms with van der Waals surface area (Å²) in [4.78, 5) is 0. The molecule has 2 aromatic rings. The van der Waals surface area contributed by atoms with Crippen molar-refractivity contribution in [3.8, 4) is 11.5 Å². The van der Waals surface area contributed by atoms with Crippen molar-refractivity contribution in [3.05, 3.63) is 58.6 Å². The fourth-order valence-corrected chi connectivity index (χ4v) is 2.67. The summed E-state index contributed by atoms with van der Waals surface area (Å²) in [5.41, 5.74) is 8.61. The zero-order valence-electron chi connectivity index (χ0n) is 11.2. The van der Waals surface area contributed by atoms with Crippen molar-refractivity contribution < 1.29 is 9.47 Å². The highest BCUT2D eigenvalue weighted by Crippen LogP contribution is 2.34. The first-order valence-corrected chi connectivity index (χ1v) is 6.90. The van der Waals surface area contributed by atoms with E-state index < -0.39 is 0 Å². The summed E-state index contributed by atoms with van der Waals surface area (Å²) in [5, 5.41) is 0.695. The van der Waals surface area contributed by atoms with Gasteiger partial charge in [-0.15, -0.1) is 0 Å². The lowest BCUT2D eigenvalue weighted by Gasteiger charge is -2.18. The molecule has 3 nitrogen and oxygen atoms in total. The van der Waals surface area contributed by atoms with Crippen molar-refractivity contribution in [2.75, 3.05) is 7.11 Å². The van der Waals surface area contributed by atoms with Gasteiger partial charge in [0.15, 0.2) is 0 Å². The van der Waals surface area contributed by atoms with Crippen LogP contribution in [0.5, 0.6) is 11.5 Å². The van der Waals surface area contributed by atoms with E-state index in [9.17, 15) is 0 Å². The minimum atomic E-state index is -0.143. The van der Waals surface area contributed by atoms with Gasteiger partial charge in [-0.25, -0.2) is 0 Å². The van der Waals surface area contributed by atoms with E-state index in [1.54, 1.807) is 7.11 Å². The molecule has 1 aliphatic rings. The molecule has 0 aliphatic heterocycles. The molecule has 0 radical (unpaired) electrons. The molecule has 4 heteroatoms. The van der Waals surface area contributed by atoms with Crippen LogP contribution >= 0.6 is 11.6 Å². The first-order chi connectivity index (χ1) is 9.67. The summed E-state index contributed by atoms with van der Waals surface area (Å²) in [6, 6.07) is 13.2. The van der Waals surface area contributed by atoms with Gasteiger partial charge in [-0.2, -0.15) is 0 Å². The van der Waals surface area contributed by atoms with Crippen molar-refractivity contribution in [3.63, 3.8) is 0 Å². The maximum Gasteiger partial charge on any atom is 0.122 e. The van der Waals surface area contributed by atoms with Crippen LogP contribution in [0, 0.1) is 0 Å². The Kier molecular flexibility index (Phi) is 3.55. The predicted octanol–water partition coefficient (Wildman–Crippen LogP) is 3.35. The quantitative estimate of drug-likeness (QED) is 0.942. The van der Waals surface area contributed by atoms with Crippen molar-refractivity contribution >= 4 is 11.6 Å². The molecule has 2 N–H and O–H groups in total. The molecule has 0 saturated carbocycles. The van der Waals surface area contributed by atoms with Crippen molar-refractivity contribution in [2.45, 2.75) is 18.6 Å². The SMILES string of the molecule is COc1ccc2c(c1)C(N)C(Oc1ccc(Cl)cc1)C2. The lowest BCUT2D eigenvalue weighted by Crippen LogP contribution is -2.27. The van der Waals surface area contributed by atoms with Gasteiger partial charge in [0.05, 0.1) is 13.2 Å². The number of rotatable bonds is 3. The maximum absolute atomic E-state index is 6.29. The van der Waals surface area contributed by atoms with Crippen LogP contribution in [0.3, 0.4) is 0 Å². The second kappa shape index (κ2) is 5.35. The van der Waals surface area contributed by atoms with Crippen LogP contribution in [0.25, 0.3) is 0 Å². The number of hydrogen-bond acceptors (Lipinski definition) is 3. The standard InChI is InChI=1S/C16H16ClNO2/c1-19-13-5-2-10-8-15(16(18)14(10)9-13)20-12-6-3-11(17)4-7-12/h2-7,9,15-16H,8,18H2,1H3. The number of hydrogen-bond donors (Lipinski definition) is 1. The zero-order valence-corrected chi connectivity index (χ0v) is 11.9. The lowest BCUT2D eigenvalue weighted by molar-refractivity contribution is 0.185. The summed E-state index contributed by atoms with van der Waals surface area (Å²) in [6.45, 7) is 0. The smallest absolute Gasteiger partial charge is 0.122 e. The molecule has 0 spiro atoms. The topological polar surface area (TPSA) is 44.5 Å². The summed E-state index contributed by atoms with van der Waals surface area (Å²) in [5.74, 6) is 1.61. The Morgan fingerprint density at radius 1 is 1.10 bits per heavy atom. The first-order valence-electron chi connectivity index (χ1n) is 6.52. The third-order valence-electron chi connectivity index (χ3n) is 3.63. The molecule has 0 fully saturated rings. The minimum absolute atomic E-state index is 0.0571. The normalized spacial score (nSPS) is 20.6. The molecule has 2 aromatic carbocycles. The highest BCUT2D eigenvalue weighted by atomic mass is 35.5. The third-order valence-corrected chi connectivity index (χ3v) is 3.89. The largest absolute Gasteiger partial charge is 0.497 e. The highest BCUT2D eigenvalue weighted by molar-refractivity contribution is 6.30. The number of fused-ring (bicyclic) bond motifs is 1. The van der Waals surface area contributed by atoms with Crippen LogP contribution in [0.1, 0.15) is 17.2 Å². The number of nitrogens with two attached hydrogens (primary N) is 1. The van der Waals surface area contributed by atoms with Gasteiger partial charge in [-0.3, -0.25) is 0 Å². The van der Waals surface area contributed by atoms with E-state index in [2.05, 4.69) is 6.07 Å². The Bertz CT molecular complexity index is 612. The predicted molar refractivity (Wildman–Crippen MR) is 79.5 cm³/mol. The molecular formula is C16H16ClNO2. The molecule has 0 saturated heterocycles. The number of ether oxygens (including phenoxy) is 2. The molecular weight excluding hydrogens is 274 g/mol. The monoisotopic (exact) mass is 289 g/mol. The van der Waals surface area contributed by atoms with Gasteiger partial charge in [-0.05, 0) is 47.5 Å². The van der Waals surface area contributed by atoms with E-state index in [-0.39, 0.29) is 12.1 Å². The van der Waals surface area contributed by atoms with Gasteiger partial charge in [0.25, 0.3) is 0 Å². The van der Waals surface area contributed by atoms with E-state index in [1.807, 2.05) is 36.4 Å². The van der Waals surface area contributed by atoms with Crippen LogP contribution in [-0.2, 0) is 6.42 Å². The fraction of sp³-hybridized carbons (Fsp3) is 0.250. The van der Waals surface area contributed by atoms with Crippen LogP contribution in [-0.4, -0.2) is 13.2 Å². The molecule has 0 heterocycles. The van der Waals surface area contributed by atoms with Crippen LogP contribution in [0.15, 0.2) is 42.5 Å². The third kappa shape index (κ3) is 2.47. The molecule has 2 unspecified atom stereocenters. The summed E-state index contributed by atoms with van der Waals surface area (Å²) in [6.07, 6.45) is 0.752. The van der Waals surface area contributed by atoms with Gasteiger partial charge in [0.2, 0.25) is 0 Å². The average Bonchev–Trinajstić information content (AvgIpc) is 2.77. The van der Waals surface area contributed by atoms with Crippen LogP contribution in [0.4, 0.5) is 0 Å². The van der Waals surface area contributed by atoms with Crippen molar-refractivity contribution in [2.24, 2.45) is 5.73 Å². The maximum atomic E-state index is 6.29. The summed E-state index contributed by atoms with van der Waals surface area (Å²) in [7, 11) is 1.66. The fourth-order valence-electron chi connectivity index (χ4n) is 2.54. The van der Waals surface area contributed by atoms with Crippen molar-refractivity contribution in [1.82, 2.24) is 0 Å².